The molecule has 2 unspecified atom stereocenters. The normalized spacial score (nSPS) is 24.6. The first kappa shape index (κ1) is 15.1. The molecule has 0 aromatic heterocycles. The average molecular weight is 302 g/mol. The van der Waals surface area contributed by atoms with Gasteiger partial charge in [-0.2, -0.15) is 0 Å². The van der Waals surface area contributed by atoms with Crippen molar-refractivity contribution in [1.82, 2.24) is 5.32 Å². The summed E-state index contributed by atoms with van der Waals surface area (Å²) in [5, 5.41) is 4.95. The predicted octanol–water partition coefficient (Wildman–Crippen LogP) is 4.60. The van der Waals surface area contributed by atoms with E-state index in [2.05, 4.69) is 19.2 Å². The van der Waals surface area contributed by atoms with Crippen LogP contribution in [0.2, 0.25) is 10.0 Å². The van der Waals surface area contributed by atoms with E-state index in [9.17, 15) is 0 Å². The Kier molecular flexibility index (Phi) is 5.13. The van der Waals surface area contributed by atoms with Crippen LogP contribution in [0.3, 0.4) is 0 Å². The molecule has 0 spiro atoms. The molecule has 1 heterocycles. The lowest BCUT2D eigenvalue weighted by Gasteiger charge is -2.35. The van der Waals surface area contributed by atoms with Crippen LogP contribution >= 0.6 is 23.2 Å². The summed E-state index contributed by atoms with van der Waals surface area (Å²) in [5.41, 5.74) is 0.885. The number of halogens is 2. The molecule has 0 bridgehead atoms. The maximum Gasteiger partial charge on any atom is 0.0849 e. The SMILES string of the molecule is CCCNC(c1ccc(Cl)cc1Cl)C1(C)CCCO1. The molecule has 1 aromatic carbocycles. The molecule has 1 N–H and O–H groups in total. The molecular formula is C15H21Cl2NO. The Morgan fingerprint density at radius 1 is 1.42 bits per heavy atom. The Bertz CT molecular complexity index is 430. The van der Waals surface area contributed by atoms with E-state index in [1.807, 2.05) is 12.1 Å². The van der Waals surface area contributed by atoms with Crippen molar-refractivity contribution in [2.24, 2.45) is 0 Å². The van der Waals surface area contributed by atoms with E-state index < -0.39 is 0 Å². The summed E-state index contributed by atoms with van der Waals surface area (Å²) < 4.78 is 5.99. The van der Waals surface area contributed by atoms with E-state index in [0.717, 1.165) is 38.0 Å². The van der Waals surface area contributed by atoms with Gasteiger partial charge in [-0.05, 0) is 50.4 Å². The number of ether oxygens (including phenoxy) is 1. The highest BCUT2D eigenvalue weighted by Crippen LogP contribution is 2.40. The van der Waals surface area contributed by atoms with Crippen molar-refractivity contribution in [2.75, 3.05) is 13.2 Å². The second-order valence-electron chi connectivity index (χ2n) is 5.32. The molecule has 19 heavy (non-hydrogen) atoms. The van der Waals surface area contributed by atoms with Crippen LogP contribution < -0.4 is 5.32 Å². The number of benzene rings is 1. The molecule has 0 radical (unpaired) electrons. The van der Waals surface area contributed by atoms with Crippen molar-refractivity contribution in [3.63, 3.8) is 0 Å². The fraction of sp³-hybridized carbons (Fsp3) is 0.600. The van der Waals surface area contributed by atoms with Gasteiger partial charge in [-0.15, -0.1) is 0 Å². The van der Waals surface area contributed by atoms with E-state index in [1.54, 1.807) is 6.07 Å². The van der Waals surface area contributed by atoms with E-state index >= 15 is 0 Å². The van der Waals surface area contributed by atoms with Crippen molar-refractivity contribution in [1.29, 1.82) is 0 Å². The first-order valence-electron chi connectivity index (χ1n) is 6.89. The zero-order valence-electron chi connectivity index (χ0n) is 11.5. The summed E-state index contributed by atoms with van der Waals surface area (Å²) >= 11 is 12.3. The van der Waals surface area contributed by atoms with Gasteiger partial charge in [0.1, 0.15) is 0 Å². The summed E-state index contributed by atoms with van der Waals surface area (Å²) in [5.74, 6) is 0. The van der Waals surface area contributed by atoms with Crippen LogP contribution in [0.4, 0.5) is 0 Å². The van der Waals surface area contributed by atoms with E-state index in [0.29, 0.717) is 10.0 Å². The smallest absolute Gasteiger partial charge is 0.0849 e. The lowest BCUT2D eigenvalue weighted by atomic mass is 9.87. The molecule has 0 amide bonds. The Labute approximate surface area is 125 Å². The third-order valence-electron chi connectivity index (χ3n) is 3.73. The fourth-order valence-corrected chi connectivity index (χ4v) is 3.23. The van der Waals surface area contributed by atoms with Gasteiger partial charge >= 0.3 is 0 Å². The van der Waals surface area contributed by atoms with Crippen molar-refractivity contribution in [2.45, 2.75) is 44.8 Å². The second-order valence-corrected chi connectivity index (χ2v) is 6.16. The molecule has 0 saturated carbocycles. The van der Waals surface area contributed by atoms with Crippen LogP contribution in [-0.2, 0) is 4.74 Å². The van der Waals surface area contributed by atoms with Gasteiger partial charge in [-0.1, -0.05) is 36.2 Å². The first-order chi connectivity index (χ1) is 9.07. The van der Waals surface area contributed by atoms with Crippen molar-refractivity contribution in [3.05, 3.63) is 33.8 Å². The van der Waals surface area contributed by atoms with Crippen LogP contribution in [-0.4, -0.2) is 18.8 Å². The largest absolute Gasteiger partial charge is 0.373 e. The molecule has 2 nitrogen and oxygen atoms in total. The molecule has 1 fully saturated rings. The number of hydrogen-bond acceptors (Lipinski definition) is 2. The lowest BCUT2D eigenvalue weighted by molar-refractivity contribution is -0.0124. The van der Waals surface area contributed by atoms with Gasteiger partial charge in [0.2, 0.25) is 0 Å². The van der Waals surface area contributed by atoms with Gasteiger partial charge in [0.25, 0.3) is 0 Å². The van der Waals surface area contributed by atoms with Gasteiger partial charge in [0.15, 0.2) is 0 Å². The number of hydrogen-bond donors (Lipinski definition) is 1. The third kappa shape index (κ3) is 3.43. The van der Waals surface area contributed by atoms with Crippen molar-refractivity contribution >= 4 is 23.2 Å². The van der Waals surface area contributed by atoms with Gasteiger partial charge in [-0.25, -0.2) is 0 Å². The molecule has 1 aliphatic heterocycles. The molecule has 4 heteroatoms. The Hall–Kier alpha value is -0.280. The summed E-state index contributed by atoms with van der Waals surface area (Å²) in [4.78, 5) is 0. The first-order valence-corrected chi connectivity index (χ1v) is 7.64. The van der Waals surface area contributed by atoms with E-state index in [-0.39, 0.29) is 11.6 Å². The van der Waals surface area contributed by atoms with Gasteiger partial charge in [0, 0.05) is 16.7 Å². The Morgan fingerprint density at radius 2 is 2.21 bits per heavy atom. The number of nitrogens with one attached hydrogen (secondary N) is 1. The van der Waals surface area contributed by atoms with Crippen LogP contribution in [0.1, 0.15) is 44.7 Å². The zero-order chi connectivity index (χ0) is 13.9. The van der Waals surface area contributed by atoms with Crippen LogP contribution in [0, 0.1) is 0 Å². The quantitative estimate of drug-likeness (QED) is 0.858. The molecular weight excluding hydrogens is 281 g/mol. The van der Waals surface area contributed by atoms with Crippen LogP contribution in [0.25, 0.3) is 0 Å². The predicted molar refractivity (Wildman–Crippen MR) is 81.1 cm³/mol. The molecule has 1 aromatic rings. The summed E-state index contributed by atoms with van der Waals surface area (Å²) in [6, 6.07) is 5.81. The topological polar surface area (TPSA) is 21.3 Å². The second kappa shape index (κ2) is 6.45. The number of rotatable bonds is 5. The molecule has 2 atom stereocenters. The van der Waals surface area contributed by atoms with Gasteiger partial charge < -0.3 is 10.1 Å². The Morgan fingerprint density at radius 3 is 2.79 bits per heavy atom. The summed E-state index contributed by atoms with van der Waals surface area (Å²) in [6.07, 6.45) is 3.23. The minimum atomic E-state index is -0.188. The minimum absolute atomic E-state index is 0.111. The van der Waals surface area contributed by atoms with E-state index in [1.165, 1.54) is 0 Å². The maximum atomic E-state index is 6.36. The molecule has 1 aliphatic rings. The highest BCUT2D eigenvalue weighted by Gasteiger charge is 2.39. The Balaban J connectivity index is 2.31. The minimum Gasteiger partial charge on any atom is -0.373 e. The highest BCUT2D eigenvalue weighted by molar-refractivity contribution is 6.35. The third-order valence-corrected chi connectivity index (χ3v) is 4.29. The van der Waals surface area contributed by atoms with Crippen molar-refractivity contribution < 1.29 is 4.74 Å². The molecule has 106 valence electrons. The van der Waals surface area contributed by atoms with E-state index in [4.69, 9.17) is 27.9 Å². The highest BCUT2D eigenvalue weighted by atomic mass is 35.5. The van der Waals surface area contributed by atoms with Gasteiger partial charge in [0.05, 0.1) is 11.6 Å². The van der Waals surface area contributed by atoms with Gasteiger partial charge in [-0.3, -0.25) is 0 Å². The lowest BCUT2D eigenvalue weighted by Crippen LogP contribution is -2.41. The summed E-state index contributed by atoms with van der Waals surface area (Å²) in [7, 11) is 0. The van der Waals surface area contributed by atoms with Crippen molar-refractivity contribution in [3.8, 4) is 0 Å². The monoisotopic (exact) mass is 301 g/mol. The average Bonchev–Trinajstić information content (AvgIpc) is 2.80. The van der Waals surface area contributed by atoms with Crippen LogP contribution in [0.5, 0.6) is 0 Å². The zero-order valence-corrected chi connectivity index (χ0v) is 13.0. The molecule has 0 aliphatic carbocycles. The molecule has 2 rings (SSSR count). The fourth-order valence-electron chi connectivity index (χ4n) is 2.71. The summed E-state index contributed by atoms with van der Waals surface area (Å²) in [6.45, 7) is 6.10. The maximum absolute atomic E-state index is 6.36. The molecule has 1 saturated heterocycles. The standard InChI is InChI=1S/C15H21Cl2NO/c1-3-8-18-14(15(2)7-4-9-19-15)12-6-5-11(16)10-13(12)17/h5-6,10,14,18H,3-4,7-9H2,1-2H3. The van der Waals surface area contributed by atoms with Crippen LogP contribution in [0.15, 0.2) is 18.2 Å².